The van der Waals surface area contributed by atoms with Crippen LogP contribution in [0, 0.1) is 0 Å². The number of nitrogens with two attached hydrogens (primary N) is 1. The second kappa shape index (κ2) is 9.78. The summed E-state index contributed by atoms with van der Waals surface area (Å²) < 4.78 is 69.4. The first-order valence-electron chi connectivity index (χ1n) is 10.2. The van der Waals surface area contributed by atoms with Crippen LogP contribution in [0.4, 0.5) is 18.9 Å². The lowest BCUT2D eigenvalue weighted by atomic mass is 9.95. The number of sulfonamides is 1. The van der Waals surface area contributed by atoms with Crippen LogP contribution in [0.2, 0.25) is 0 Å². The van der Waals surface area contributed by atoms with Gasteiger partial charge >= 0.3 is 6.18 Å². The molecule has 0 spiro atoms. The first-order chi connectivity index (χ1) is 16.4. The third kappa shape index (κ3) is 5.62. The van der Waals surface area contributed by atoms with Gasteiger partial charge < -0.3 is 11.1 Å². The maximum Gasteiger partial charge on any atom is 0.431 e. The van der Waals surface area contributed by atoms with E-state index in [0.717, 1.165) is 6.07 Å². The summed E-state index contributed by atoms with van der Waals surface area (Å²) in [5, 5.41) is 2.33. The highest BCUT2D eigenvalue weighted by Crippen LogP contribution is 2.34. The zero-order valence-corrected chi connectivity index (χ0v) is 19.3. The second-order valence-electron chi connectivity index (χ2n) is 7.66. The van der Waals surface area contributed by atoms with E-state index in [1.54, 1.807) is 37.3 Å². The van der Waals surface area contributed by atoms with Crippen molar-refractivity contribution in [1.82, 2.24) is 9.88 Å². The summed E-state index contributed by atoms with van der Waals surface area (Å²) in [6, 6.07) is 8.70. The van der Waals surface area contributed by atoms with Gasteiger partial charge in [-0.15, -0.1) is 0 Å². The number of anilines is 1. The number of dihydropyridines is 1. The Bertz CT molecular complexity index is 1380. The SMILES string of the molecule is C=C1C(CNC=O)=C(n2c(C(F)(F)F)ccc(NS(=O)(=O)Cc3ccccc3)c2=O)C(N)=NC1C. The van der Waals surface area contributed by atoms with Crippen molar-refractivity contribution >= 4 is 33.7 Å². The van der Waals surface area contributed by atoms with Gasteiger partial charge in [0.1, 0.15) is 17.2 Å². The molecule has 1 atom stereocenters. The van der Waals surface area contributed by atoms with E-state index in [2.05, 4.69) is 21.6 Å². The highest BCUT2D eigenvalue weighted by atomic mass is 32.2. The Morgan fingerprint density at radius 3 is 2.46 bits per heavy atom. The molecular formula is C22H22F3N5O4S. The molecule has 186 valence electrons. The van der Waals surface area contributed by atoms with E-state index < -0.39 is 56.5 Å². The number of aromatic nitrogens is 1. The van der Waals surface area contributed by atoms with Crippen molar-refractivity contribution in [2.75, 3.05) is 11.3 Å². The van der Waals surface area contributed by atoms with Gasteiger partial charge in [0.25, 0.3) is 5.56 Å². The molecule has 3 rings (SSSR count). The Kier molecular flexibility index (Phi) is 7.19. The number of rotatable bonds is 8. The predicted octanol–water partition coefficient (Wildman–Crippen LogP) is 2.08. The minimum atomic E-state index is -5.01. The van der Waals surface area contributed by atoms with E-state index in [0.29, 0.717) is 18.0 Å². The van der Waals surface area contributed by atoms with Crippen molar-refractivity contribution in [3.05, 3.63) is 81.8 Å². The number of carbonyl (C=O) groups excluding carboxylic acids is 1. The molecule has 35 heavy (non-hydrogen) atoms. The number of nitrogens with one attached hydrogen (secondary N) is 2. The molecule has 0 bridgehead atoms. The van der Waals surface area contributed by atoms with Crippen LogP contribution in [0.5, 0.6) is 0 Å². The van der Waals surface area contributed by atoms with Crippen molar-refractivity contribution < 1.29 is 26.4 Å². The van der Waals surface area contributed by atoms with Crippen LogP contribution in [-0.4, -0.2) is 37.8 Å². The molecule has 1 aromatic heterocycles. The van der Waals surface area contributed by atoms with Crippen molar-refractivity contribution in [3.63, 3.8) is 0 Å². The molecule has 2 aromatic rings. The topological polar surface area (TPSA) is 136 Å². The molecule has 0 radical (unpaired) electrons. The lowest BCUT2D eigenvalue weighted by molar-refractivity contribution is -0.142. The van der Waals surface area contributed by atoms with Crippen LogP contribution in [0.1, 0.15) is 18.2 Å². The number of amidine groups is 1. The maximum absolute atomic E-state index is 13.9. The molecule has 1 aliphatic heterocycles. The molecule has 0 saturated carbocycles. The highest BCUT2D eigenvalue weighted by molar-refractivity contribution is 7.91. The van der Waals surface area contributed by atoms with Crippen LogP contribution in [-0.2, 0) is 26.7 Å². The maximum atomic E-state index is 13.9. The number of aliphatic imine (C=N–C) groups is 1. The largest absolute Gasteiger partial charge is 0.431 e. The summed E-state index contributed by atoms with van der Waals surface area (Å²) in [5.74, 6) is -0.909. The fraction of sp³-hybridized carbons (Fsp3) is 0.227. The summed E-state index contributed by atoms with van der Waals surface area (Å²) >= 11 is 0. The standard InChI is InChI=1S/C22H22F3N5O4S/c1-13-14(2)28-20(26)19(16(13)10-27-12-31)30-18(22(23,24)25)9-8-17(21(30)32)29-35(33,34)11-15-6-4-3-5-7-15/h3-9,12,14,29H,1,10-11H2,2H3,(H2,26,28)(H,27,31). The van der Waals surface area contributed by atoms with Crippen LogP contribution in [0.25, 0.3) is 5.70 Å². The van der Waals surface area contributed by atoms with E-state index in [1.165, 1.54) is 0 Å². The van der Waals surface area contributed by atoms with Crippen LogP contribution < -0.4 is 21.3 Å². The monoisotopic (exact) mass is 509 g/mol. The fourth-order valence-electron chi connectivity index (χ4n) is 3.55. The average molecular weight is 510 g/mol. The molecule has 13 heteroatoms. The molecule has 2 heterocycles. The summed E-state index contributed by atoms with van der Waals surface area (Å²) in [6.07, 6.45) is -4.69. The van der Waals surface area contributed by atoms with Gasteiger partial charge in [0.05, 0.1) is 17.5 Å². The van der Waals surface area contributed by atoms with Crippen LogP contribution in [0.3, 0.4) is 0 Å². The molecular weight excluding hydrogens is 487 g/mol. The summed E-state index contributed by atoms with van der Waals surface area (Å²) in [5.41, 5.74) is 2.85. The number of nitrogens with zero attached hydrogens (tertiary/aromatic N) is 2. The molecule has 1 amide bonds. The molecule has 1 unspecified atom stereocenters. The van der Waals surface area contributed by atoms with Crippen LogP contribution in [0.15, 0.2) is 70.0 Å². The van der Waals surface area contributed by atoms with Crippen molar-refractivity contribution in [3.8, 4) is 0 Å². The van der Waals surface area contributed by atoms with Gasteiger partial charge in [0.15, 0.2) is 0 Å². The van der Waals surface area contributed by atoms with Crippen molar-refractivity contribution in [2.45, 2.75) is 24.9 Å². The van der Waals surface area contributed by atoms with E-state index in [4.69, 9.17) is 5.73 Å². The van der Waals surface area contributed by atoms with Crippen LogP contribution >= 0.6 is 0 Å². The Balaban J connectivity index is 2.21. The normalized spacial score (nSPS) is 16.6. The number of halogens is 3. The molecule has 1 aliphatic rings. The number of hydrogen-bond donors (Lipinski definition) is 3. The Morgan fingerprint density at radius 2 is 1.86 bits per heavy atom. The first-order valence-corrected chi connectivity index (χ1v) is 11.8. The van der Waals surface area contributed by atoms with Crippen molar-refractivity contribution in [1.29, 1.82) is 0 Å². The van der Waals surface area contributed by atoms with E-state index in [9.17, 15) is 31.2 Å². The number of alkyl halides is 3. The Hall–Kier alpha value is -3.87. The lowest BCUT2D eigenvalue weighted by Gasteiger charge is -2.28. The first kappa shape index (κ1) is 25.7. The van der Waals surface area contributed by atoms with Gasteiger partial charge in [-0.3, -0.25) is 23.9 Å². The van der Waals surface area contributed by atoms with Gasteiger partial charge in [0.2, 0.25) is 16.4 Å². The average Bonchev–Trinajstić information content (AvgIpc) is 2.76. The zero-order valence-electron chi connectivity index (χ0n) is 18.5. The molecule has 0 aliphatic carbocycles. The Labute approximate surface area is 198 Å². The van der Waals surface area contributed by atoms with E-state index in [-0.39, 0.29) is 22.3 Å². The second-order valence-corrected chi connectivity index (χ2v) is 9.38. The quantitative estimate of drug-likeness (QED) is 0.468. The molecule has 9 nitrogen and oxygen atoms in total. The van der Waals surface area contributed by atoms with Gasteiger partial charge in [-0.2, -0.15) is 13.2 Å². The lowest BCUT2D eigenvalue weighted by Crippen LogP contribution is -2.39. The number of benzene rings is 1. The minimum Gasteiger partial charge on any atom is -0.382 e. The predicted molar refractivity (Wildman–Crippen MR) is 126 cm³/mol. The Morgan fingerprint density at radius 1 is 1.20 bits per heavy atom. The fourth-order valence-corrected chi connectivity index (χ4v) is 4.75. The smallest absolute Gasteiger partial charge is 0.382 e. The molecule has 4 N–H and O–H groups in total. The summed E-state index contributed by atoms with van der Waals surface area (Å²) in [6.45, 7) is 5.11. The molecule has 0 fully saturated rings. The van der Waals surface area contributed by atoms with Gasteiger partial charge in [0, 0.05) is 12.1 Å². The third-order valence-electron chi connectivity index (χ3n) is 5.18. The van der Waals surface area contributed by atoms with Crippen molar-refractivity contribution in [2.24, 2.45) is 10.7 Å². The number of pyridine rings is 1. The van der Waals surface area contributed by atoms with E-state index >= 15 is 0 Å². The zero-order chi connectivity index (χ0) is 26.0. The van der Waals surface area contributed by atoms with Gasteiger partial charge in [-0.25, -0.2) is 8.42 Å². The summed E-state index contributed by atoms with van der Waals surface area (Å²) in [7, 11) is -4.17. The highest BCUT2D eigenvalue weighted by Gasteiger charge is 2.38. The minimum absolute atomic E-state index is 0.0500. The number of carbonyl (C=O) groups is 1. The summed E-state index contributed by atoms with van der Waals surface area (Å²) in [4.78, 5) is 28.2. The van der Waals surface area contributed by atoms with E-state index in [1.807, 2.05) is 0 Å². The number of hydrogen-bond acceptors (Lipinski definition) is 6. The number of amides is 1. The molecule has 0 saturated heterocycles. The third-order valence-corrected chi connectivity index (χ3v) is 6.42. The van der Waals surface area contributed by atoms with Gasteiger partial charge in [-0.05, 0) is 30.2 Å². The van der Waals surface area contributed by atoms with Gasteiger partial charge in [-0.1, -0.05) is 36.9 Å². The molecule has 1 aromatic carbocycles.